The largest absolute Gasteiger partial charge is 0.369 e. The molecule has 0 spiro atoms. The van der Waals surface area contributed by atoms with Crippen molar-refractivity contribution in [2.75, 3.05) is 13.1 Å². The number of primary amides is 1. The van der Waals surface area contributed by atoms with Gasteiger partial charge in [-0.2, -0.15) is 5.10 Å². The molecule has 24 heavy (non-hydrogen) atoms. The standard InChI is InChI=1S/C18H22N4O2/c1-3-22-16(13-7-5-4-6-8-13)14(9-20-22)18(24)21-10-12(2)15(11-21)17(19)23/h4-9,12,15H,3,10-11H2,1-2H3,(H2,19,23)/t12-,15-/m1/s1. The number of hydrogen-bond donors (Lipinski definition) is 1. The number of aryl methyl sites for hydroxylation is 1. The molecule has 126 valence electrons. The molecule has 2 heterocycles. The molecule has 2 aromatic rings. The summed E-state index contributed by atoms with van der Waals surface area (Å²) in [5, 5.41) is 4.35. The zero-order chi connectivity index (χ0) is 17.3. The maximum absolute atomic E-state index is 13.0. The lowest BCUT2D eigenvalue weighted by molar-refractivity contribution is -0.122. The lowest BCUT2D eigenvalue weighted by Gasteiger charge is -2.16. The molecular formula is C18H22N4O2. The quantitative estimate of drug-likeness (QED) is 0.929. The van der Waals surface area contributed by atoms with Crippen molar-refractivity contribution in [3.63, 3.8) is 0 Å². The van der Waals surface area contributed by atoms with Crippen molar-refractivity contribution in [2.24, 2.45) is 17.6 Å². The Morgan fingerprint density at radius 2 is 1.96 bits per heavy atom. The van der Waals surface area contributed by atoms with Crippen molar-refractivity contribution in [1.29, 1.82) is 0 Å². The molecule has 6 heteroatoms. The van der Waals surface area contributed by atoms with Gasteiger partial charge in [0.05, 0.1) is 23.4 Å². The van der Waals surface area contributed by atoms with Crippen molar-refractivity contribution in [3.05, 3.63) is 42.1 Å². The van der Waals surface area contributed by atoms with Gasteiger partial charge in [0, 0.05) is 25.2 Å². The molecule has 1 saturated heterocycles. The number of likely N-dealkylation sites (tertiary alicyclic amines) is 1. The monoisotopic (exact) mass is 326 g/mol. The predicted octanol–water partition coefficient (Wildman–Crippen LogP) is 1.76. The average molecular weight is 326 g/mol. The molecule has 6 nitrogen and oxygen atoms in total. The second-order valence-electron chi connectivity index (χ2n) is 6.28. The summed E-state index contributed by atoms with van der Waals surface area (Å²) in [7, 11) is 0. The SMILES string of the molecule is CCn1ncc(C(=O)N2C[C@@H](C)[C@H](C(N)=O)C2)c1-c1ccccc1. The second-order valence-corrected chi connectivity index (χ2v) is 6.28. The van der Waals surface area contributed by atoms with Crippen molar-refractivity contribution >= 4 is 11.8 Å². The Labute approximate surface area is 141 Å². The van der Waals surface area contributed by atoms with E-state index in [-0.39, 0.29) is 23.7 Å². The van der Waals surface area contributed by atoms with E-state index in [1.165, 1.54) is 0 Å². The van der Waals surface area contributed by atoms with Crippen LogP contribution in [0.4, 0.5) is 0 Å². The van der Waals surface area contributed by atoms with Crippen LogP contribution in [-0.4, -0.2) is 39.6 Å². The summed E-state index contributed by atoms with van der Waals surface area (Å²) in [6, 6.07) is 9.77. The maximum Gasteiger partial charge on any atom is 0.257 e. The van der Waals surface area contributed by atoms with E-state index in [1.807, 2.05) is 48.9 Å². The third-order valence-corrected chi connectivity index (χ3v) is 4.68. The van der Waals surface area contributed by atoms with Crippen LogP contribution in [0.3, 0.4) is 0 Å². The first-order valence-electron chi connectivity index (χ1n) is 8.22. The molecule has 1 aromatic carbocycles. The number of carbonyl (C=O) groups excluding carboxylic acids is 2. The number of amides is 2. The fraction of sp³-hybridized carbons (Fsp3) is 0.389. The molecule has 1 aliphatic rings. The Bertz CT molecular complexity index is 754. The van der Waals surface area contributed by atoms with Crippen molar-refractivity contribution in [2.45, 2.75) is 20.4 Å². The Morgan fingerprint density at radius 3 is 2.54 bits per heavy atom. The van der Waals surface area contributed by atoms with Crippen molar-refractivity contribution in [1.82, 2.24) is 14.7 Å². The Balaban J connectivity index is 1.94. The molecular weight excluding hydrogens is 304 g/mol. The van der Waals surface area contributed by atoms with Gasteiger partial charge in [0.25, 0.3) is 5.91 Å². The van der Waals surface area contributed by atoms with Gasteiger partial charge in [-0.1, -0.05) is 37.3 Å². The minimum atomic E-state index is -0.342. The summed E-state index contributed by atoms with van der Waals surface area (Å²) in [6.07, 6.45) is 1.62. The Morgan fingerprint density at radius 1 is 1.25 bits per heavy atom. The van der Waals surface area contributed by atoms with E-state index in [1.54, 1.807) is 11.1 Å². The van der Waals surface area contributed by atoms with Crippen molar-refractivity contribution in [3.8, 4) is 11.3 Å². The third-order valence-electron chi connectivity index (χ3n) is 4.68. The van der Waals surface area contributed by atoms with Gasteiger partial charge in [-0.3, -0.25) is 14.3 Å². The van der Waals surface area contributed by atoms with Crippen LogP contribution in [0.2, 0.25) is 0 Å². The molecule has 0 aliphatic carbocycles. The van der Waals surface area contributed by atoms with E-state index in [4.69, 9.17) is 5.73 Å². The summed E-state index contributed by atoms with van der Waals surface area (Å²) in [6.45, 7) is 5.54. The van der Waals surface area contributed by atoms with E-state index in [0.717, 1.165) is 11.3 Å². The highest BCUT2D eigenvalue weighted by atomic mass is 16.2. The summed E-state index contributed by atoms with van der Waals surface area (Å²) < 4.78 is 1.83. The normalized spacial score (nSPS) is 20.3. The molecule has 2 N–H and O–H groups in total. The average Bonchev–Trinajstić information content (AvgIpc) is 3.18. The van der Waals surface area contributed by atoms with Gasteiger partial charge in [0.15, 0.2) is 0 Å². The van der Waals surface area contributed by atoms with Crippen LogP contribution >= 0.6 is 0 Å². The van der Waals surface area contributed by atoms with Gasteiger partial charge in [0.2, 0.25) is 5.91 Å². The highest BCUT2D eigenvalue weighted by Gasteiger charge is 2.37. The van der Waals surface area contributed by atoms with Gasteiger partial charge in [-0.25, -0.2) is 0 Å². The number of nitrogens with two attached hydrogens (primary N) is 1. The zero-order valence-corrected chi connectivity index (χ0v) is 14.0. The van der Waals surface area contributed by atoms with Crippen LogP contribution in [-0.2, 0) is 11.3 Å². The van der Waals surface area contributed by atoms with E-state index in [9.17, 15) is 9.59 Å². The van der Waals surface area contributed by atoms with Gasteiger partial charge in [0.1, 0.15) is 0 Å². The van der Waals surface area contributed by atoms with Crippen LogP contribution < -0.4 is 5.73 Å². The highest BCUT2D eigenvalue weighted by Crippen LogP contribution is 2.28. The van der Waals surface area contributed by atoms with Crippen LogP contribution in [0.25, 0.3) is 11.3 Å². The second kappa shape index (κ2) is 6.47. The van der Waals surface area contributed by atoms with Crippen LogP contribution in [0.5, 0.6) is 0 Å². The minimum absolute atomic E-state index is 0.0767. The van der Waals surface area contributed by atoms with Gasteiger partial charge >= 0.3 is 0 Å². The first-order chi connectivity index (χ1) is 11.5. The van der Waals surface area contributed by atoms with E-state index in [2.05, 4.69) is 5.10 Å². The molecule has 1 aliphatic heterocycles. The number of benzene rings is 1. The van der Waals surface area contributed by atoms with Gasteiger partial charge < -0.3 is 10.6 Å². The molecule has 0 radical (unpaired) electrons. The Hall–Kier alpha value is -2.63. The van der Waals surface area contributed by atoms with Crippen molar-refractivity contribution < 1.29 is 9.59 Å². The number of nitrogens with zero attached hydrogens (tertiary/aromatic N) is 3. The highest BCUT2D eigenvalue weighted by molar-refractivity contribution is 6.00. The predicted molar refractivity (Wildman–Crippen MR) is 91.1 cm³/mol. The van der Waals surface area contributed by atoms with Gasteiger partial charge in [-0.15, -0.1) is 0 Å². The Kier molecular flexibility index (Phi) is 4.38. The lowest BCUT2D eigenvalue weighted by Crippen LogP contribution is -2.32. The van der Waals surface area contributed by atoms with Crippen LogP contribution in [0.1, 0.15) is 24.2 Å². The number of rotatable bonds is 4. The zero-order valence-electron chi connectivity index (χ0n) is 14.0. The first kappa shape index (κ1) is 16.2. The summed E-state index contributed by atoms with van der Waals surface area (Å²) >= 11 is 0. The smallest absolute Gasteiger partial charge is 0.257 e. The molecule has 2 atom stereocenters. The lowest BCUT2D eigenvalue weighted by atomic mass is 9.98. The van der Waals surface area contributed by atoms with Crippen LogP contribution in [0, 0.1) is 11.8 Å². The van der Waals surface area contributed by atoms with E-state index in [0.29, 0.717) is 25.2 Å². The topological polar surface area (TPSA) is 81.2 Å². The third kappa shape index (κ3) is 2.79. The van der Waals surface area contributed by atoms with E-state index < -0.39 is 0 Å². The number of carbonyl (C=O) groups is 2. The molecule has 2 amide bonds. The molecule has 1 aromatic heterocycles. The fourth-order valence-electron chi connectivity index (χ4n) is 3.36. The van der Waals surface area contributed by atoms with Crippen LogP contribution in [0.15, 0.2) is 36.5 Å². The summed E-state index contributed by atoms with van der Waals surface area (Å²) in [5.41, 5.74) is 7.79. The molecule has 0 saturated carbocycles. The molecule has 0 unspecified atom stereocenters. The summed E-state index contributed by atoms with van der Waals surface area (Å²) in [4.78, 5) is 26.2. The number of aromatic nitrogens is 2. The molecule has 1 fully saturated rings. The summed E-state index contributed by atoms with van der Waals surface area (Å²) in [5.74, 6) is -0.641. The minimum Gasteiger partial charge on any atom is -0.369 e. The first-order valence-corrected chi connectivity index (χ1v) is 8.22. The van der Waals surface area contributed by atoms with Gasteiger partial charge in [-0.05, 0) is 12.8 Å². The molecule has 3 rings (SSSR count). The fourth-order valence-corrected chi connectivity index (χ4v) is 3.36. The number of hydrogen-bond acceptors (Lipinski definition) is 3. The maximum atomic E-state index is 13.0. The molecule has 0 bridgehead atoms. The van der Waals surface area contributed by atoms with E-state index >= 15 is 0 Å².